The predicted octanol–water partition coefficient (Wildman–Crippen LogP) is 5.54. The van der Waals surface area contributed by atoms with E-state index in [0.717, 1.165) is 4.47 Å². The van der Waals surface area contributed by atoms with Gasteiger partial charge in [-0.25, -0.2) is 4.68 Å². The van der Waals surface area contributed by atoms with Crippen LogP contribution in [-0.4, -0.2) is 43.7 Å². The molecule has 1 unspecified atom stereocenters. The monoisotopic (exact) mass is 634 g/mol. The maximum absolute atomic E-state index is 13.7. The number of nitrogens with zero attached hydrogens (tertiary/aromatic N) is 4. The molecule has 3 aromatic carbocycles. The number of rotatable bonds is 5. The largest absolute Gasteiger partial charge is 0.484 e. The molecule has 212 valence electrons. The molecule has 7 rings (SSSR count). The minimum Gasteiger partial charge on any atom is -0.484 e. The Balaban J connectivity index is 1.28. The number of halogens is 1. The molecule has 0 N–H and O–H groups in total. The van der Waals surface area contributed by atoms with E-state index in [1.807, 2.05) is 38.1 Å². The van der Waals surface area contributed by atoms with Crippen molar-refractivity contribution in [3.8, 4) is 0 Å². The highest BCUT2D eigenvalue weighted by molar-refractivity contribution is 9.10. The Labute approximate surface area is 254 Å². The lowest BCUT2D eigenvalue weighted by molar-refractivity contribution is -0.112. The smallest absolute Gasteiger partial charge is 0.235 e. The summed E-state index contributed by atoms with van der Waals surface area (Å²) in [6, 6.07) is 20.3. The van der Waals surface area contributed by atoms with Gasteiger partial charge in [0.2, 0.25) is 17.3 Å². The lowest BCUT2D eigenvalue weighted by Crippen LogP contribution is -2.35. The van der Waals surface area contributed by atoms with Crippen molar-refractivity contribution in [3.05, 3.63) is 129 Å². The standard InChI is InChI=1S/C33H23BrN4O5/c1-33(2)32(27-30(42)29(41)23-9-5-6-10-24(23)31(27)43-33)38-17-19(35-36-38)16-37(20-13-11-18(34)12-14-20)25-15-26(39)21-7-3-4-8-22(21)28(25)40/h3-15,17,32H,16H2,1-2H3. The van der Waals surface area contributed by atoms with Crippen LogP contribution < -0.4 is 4.90 Å². The highest BCUT2D eigenvalue weighted by Gasteiger charge is 2.52. The second-order valence-corrected chi connectivity index (χ2v) is 12.0. The number of ketones is 4. The quantitative estimate of drug-likeness (QED) is 0.263. The van der Waals surface area contributed by atoms with Gasteiger partial charge in [0, 0.05) is 38.5 Å². The van der Waals surface area contributed by atoms with Gasteiger partial charge in [-0.15, -0.1) is 5.10 Å². The molecule has 0 amide bonds. The molecule has 2 heterocycles. The van der Waals surface area contributed by atoms with Crippen LogP contribution in [0.4, 0.5) is 5.69 Å². The highest BCUT2D eigenvalue weighted by Crippen LogP contribution is 2.49. The first kappa shape index (κ1) is 26.9. The summed E-state index contributed by atoms with van der Waals surface area (Å²) in [7, 11) is 0. The van der Waals surface area contributed by atoms with Crippen LogP contribution in [0.2, 0.25) is 0 Å². The first-order valence-corrected chi connectivity index (χ1v) is 14.4. The number of hydrogen-bond donors (Lipinski definition) is 0. The summed E-state index contributed by atoms with van der Waals surface area (Å²) < 4.78 is 8.69. The molecule has 1 aromatic heterocycles. The second-order valence-electron chi connectivity index (χ2n) is 11.1. The number of carbonyl (C=O) groups is 4. The molecule has 4 aromatic rings. The van der Waals surface area contributed by atoms with Crippen LogP contribution in [0.15, 0.2) is 101 Å². The van der Waals surface area contributed by atoms with Crippen molar-refractivity contribution in [1.29, 1.82) is 0 Å². The summed E-state index contributed by atoms with van der Waals surface area (Å²) in [6.07, 6.45) is 3.03. The fourth-order valence-electron chi connectivity index (χ4n) is 5.96. The van der Waals surface area contributed by atoms with Crippen LogP contribution in [0.1, 0.15) is 62.2 Å². The van der Waals surface area contributed by atoms with E-state index < -0.39 is 23.2 Å². The van der Waals surface area contributed by atoms with E-state index in [9.17, 15) is 19.2 Å². The summed E-state index contributed by atoms with van der Waals surface area (Å²) in [4.78, 5) is 54.8. The third-order valence-electron chi connectivity index (χ3n) is 7.92. The molecule has 0 fully saturated rings. The van der Waals surface area contributed by atoms with E-state index in [1.54, 1.807) is 59.6 Å². The van der Waals surface area contributed by atoms with Gasteiger partial charge in [-0.1, -0.05) is 69.7 Å². The molecule has 2 aliphatic carbocycles. The van der Waals surface area contributed by atoms with Gasteiger partial charge >= 0.3 is 0 Å². The first-order valence-electron chi connectivity index (χ1n) is 13.6. The molecule has 0 saturated heterocycles. The number of aromatic nitrogens is 3. The third kappa shape index (κ3) is 4.28. The predicted molar refractivity (Wildman–Crippen MR) is 160 cm³/mol. The molecule has 1 aliphatic heterocycles. The molecule has 43 heavy (non-hydrogen) atoms. The zero-order chi connectivity index (χ0) is 30.0. The van der Waals surface area contributed by atoms with Crippen LogP contribution >= 0.6 is 15.9 Å². The number of anilines is 1. The fraction of sp³-hybridized carbons (Fsp3) is 0.152. The Hall–Kier alpha value is -4.96. The molecule has 1 atom stereocenters. The van der Waals surface area contributed by atoms with Crippen LogP contribution in [0, 0.1) is 0 Å². The molecule has 9 nitrogen and oxygen atoms in total. The van der Waals surface area contributed by atoms with Gasteiger partial charge in [0.1, 0.15) is 23.1 Å². The van der Waals surface area contributed by atoms with Crippen molar-refractivity contribution in [2.45, 2.75) is 32.0 Å². The van der Waals surface area contributed by atoms with Crippen molar-refractivity contribution in [1.82, 2.24) is 15.0 Å². The molecular weight excluding hydrogens is 612 g/mol. The zero-order valence-electron chi connectivity index (χ0n) is 23.1. The van der Waals surface area contributed by atoms with E-state index in [0.29, 0.717) is 39.4 Å². The average Bonchev–Trinajstić information content (AvgIpc) is 3.58. The topological polar surface area (TPSA) is 111 Å². The van der Waals surface area contributed by atoms with Crippen molar-refractivity contribution < 1.29 is 23.9 Å². The Morgan fingerprint density at radius 3 is 2.16 bits per heavy atom. The lowest BCUT2D eigenvalue weighted by atomic mass is 9.83. The van der Waals surface area contributed by atoms with Crippen LogP contribution in [-0.2, 0) is 16.1 Å². The Kier molecular flexibility index (Phi) is 6.14. The average molecular weight is 635 g/mol. The normalized spacial score (nSPS) is 18.6. The number of hydrogen-bond acceptors (Lipinski definition) is 8. The molecular formula is C33H23BrN4O5. The highest BCUT2D eigenvalue weighted by atomic mass is 79.9. The van der Waals surface area contributed by atoms with Crippen molar-refractivity contribution in [2.24, 2.45) is 0 Å². The van der Waals surface area contributed by atoms with Gasteiger partial charge in [-0.3, -0.25) is 19.2 Å². The van der Waals surface area contributed by atoms with Gasteiger partial charge in [0.25, 0.3) is 0 Å². The van der Waals surface area contributed by atoms with Gasteiger partial charge in [-0.05, 0) is 38.1 Å². The number of ether oxygens (including phenoxy) is 1. The fourth-order valence-corrected chi connectivity index (χ4v) is 6.22. The van der Waals surface area contributed by atoms with Crippen molar-refractivity contribution in [2.75, 3.05) is 4.90 Å². The maximum Gasteiger partial charge on any atom is 0.235 e. The number of benzene rings is 3. The third-order valence-corrected chi connectivity index (χ3v) is 8.45. The second kappa shape index (κ2) is 9.81. The SMILES string of the molecule is CC1(C)OC2=C(C(=O)C(=O)c3ccccc32)C1n1cc(CN(C2=CC(=O)c3ccccc3C2=O)c2ccc(Br)cc2)nn1. The lowest BCUT2D eigenvalue weighted by Gasteiger charge is -2.28. The minimum absolute atomic E-state index is 0.101. The van der Waals surface area contributed by atoms with Gasteiger partial charge in [-0.2, -0.15) is 0 Å². The summed E-state index contributed by atoms with van der Waals surface area (Å²) in [6.45, 7) is 3.77. The number of fused-ring (bicyclic) bond motifs is 3. The Morgan fingerprint density at radius 2 is 1.47 bits per heavy atom. The molecule has 0 spiro atoms. The van der Waals surface area contributed by atoms with E-state index >= 15 is 0 Å². The van der Waals surface area contributed by atoms with Crippen molar-refractivity contribution in [3.63, 3.8) is 0 Å². The molecule has 0 bridgehead atoms. The Morgan fingerprint density at radius 1 is 0.837 bits per heavy atom. The van der Waals surface area contributed by atoms with Crippen molar-refractivity contribution >= 4 is 50.5 Å². The maximum atomic E-state index is 13.7. The first-order chi connectivity index (χ1) is 20.6. The number of allylic oxidation sites excluding steroid dienone is 2. The van der Waals surface area contributed by atoms with E-state index in [4.69, 9.17) is 4.74 Å². The van der Waals surface area contributed by atoms with Crippen LogP contribution in [0.3, 0.4) is 0 Å². The summed E-state index contributed by atoms with van der Waals surface area (Å²) in [5, 5.41) is 8.74. The van der Waals surface area contributed by atoms with Gasteiger partial charge in [0.15, 0.2) is 5.78 Å². The summed E-state index contributed by atoms with van der Waals surface area (Å²) >= 11 is 3.45. The minimum atomic E-state index is -0.924. The van der Waals surface area contributed by atoms with Crippen LogP contribution in [0.25, 0.3) is 5.76 Å². The number of carbonyl (C=O) groups excluding carboxylic acids is 4. The molecule has 10 heteroatoms. The zero-order valence-corrected chi connectivity index (χ0v) is 24.7. The molecule has 0 saturated carbocycles. The van der Waals surface area contributed by atoms with E-state index in [1.165, 1.54) is 10.8 Å². The van der Waals surface area contributed by atoms with E-state index in [2.05, 4.69) is 26.2 Å². The van der Waals surface area contributed by atoms with Gasteiger partial charge < -0.3 is 9.64 Å². The van der Waals surface area contributed by atoms with Gasteiger partial charge in [0.05, 0.1) is 24.0 Å². The van der Waals surface area contributed by atoms with E-state index in [-0.39, 0.29) is 29.4 Å². The molecule has 0 radical (unpaired) electrons. The van der Waals surface area contributed by atoms with Crippen LogP contribution in [0.5, 0.6) is 0 Å². The molecule has 3 aliphatic rings. The number of Topliss-reactive ketones (excluding diaryl/α,β-unsaturated/α-hetero) is 3. The Bertz CT molecular complexity index is 1950. The summed E-state index contributed by atoms with van der Waals surface area (Å²) in [5.74, 6) is -1.39. The summed E-state index contributed by atoms with van der Waals surface area (Å²) in [5.41, 5.74) is 2.25.